The van der Waals surface area contributed by atoms with Crippen LogP contribution in [-0.4, -0.2) is 19.3 Å². The summed E-state index contributed by atoms with van der Waals surface area (Å²) in [4.78, 5) is 1.31. The minimum Gasteiger partial charge on any atom is -0.206 e. The number of fused-ring (bicyclic) bond motifs is 1. The Morgan fingerprint density at radius 1 is 1.37 bits per heavy atom. The van der Waals surface area contributed by atoms with E-state index in [0.29, 0.717) is 10.8 Å². The summed E-state index contributed by atoms with van der Waals surface area (Å²) in [5, 5.41) is 2.04. The van der Waals surface area contributed by atoms with Gasteiger partial charge in [-0.1, -0.05) is 0 Å². The third-order valence-corrected chi connectivity index (χ3v) is 8.39. The second kappa shape index (κ2) is 4.96. The van der Waals surface area contributed by atoms with Crippen LogP contribution in [0.3, 0.4) is 0 Å². The van der Waals surface area contributed by atoms with Crippen LogP contribution in [0.1, 0.15) is 23.4 Å². The Labute approximate surface area is 129 Å². The standard InChI is InChI=1S/C12H12BrNO2S3/c1-8-9-5-7-17-10(9)4-6-14(8)19(15,16)12-3-2-11(13)18-12/h2-3,5,7-8H,4,6H2,1H3/t8-/m0/s1. The lowest BCUT2D eigenvalue weighted by molar-refractivity contribution is 0.330. The van der Waals surface area contributed by atoms with Gasteiger partial charge in [-0.2, -0.15) is 4.31 Å². The molecule has 1 atom stereocenters. The first-order valence-corrected chi connectivity index (χ1v) is 9.76. The molecule has 0 saturated carbocycles. The summed E-state index contributed by atoms with van der Waals surface area (Å²) in [7, 11) is -3.38. The van der Waals surface area contributed by atoms with Gasteiger partial charge in [-0.3, -0.25) is 0 Å². The molecule has 1 aliphatic rings. The molecule has 0 aromatic carbocycles. The van der Waals surface area contributed by atoms with Gasteiger partial charge in [0.1, 0.15) is 4.21 Å². The minimum absolute atomic E-state index is 0.0825. The van der Waals surface area contributed by atoms with Crippen LogP contribution in [0.4, 0.5) is 0 Å². The fourth-order valence-electron chi connectivity index (χ4n) is 2.37. The number of hydrogen-bond donors (Lipinski definition) is 0. The van der Waals surface area contributed by atoms with Crippen molar-refractivity contribution in [1.29, 1.82) is 0 Å². The average Bonchev–Trinajstić information content (AvgIpc) is 2.97. The van der Waals surface area contributed by atoms with E-state index in [4.69, 9.17) is 0 Å². The molecule has 0 amide bonds. The zero-order valence-electron chi connectivity index (χ0n) is 10.2. The molecule has 3 heterocycles. The molecule has 0 N–H and O–H groups in total. The van der Waals surface area contributed by atoms with Gasteiger partial charge in [0.25, 0.3) is 10.0 Å². The Hall–Kier alpha value is -0.210. The smallest absolute Gasteiger partial charge is 0.206 e. The number of hydrogen-bond acceptors (Lipinski definition) is 4. The van der Waals surface area contributed by atoms with Crippen molar-refractivity contribution in [2.75, 3.05) is 6.54 Å². The molecule has 0 saturated heterocycles. The molecule has 3 rings (SSSR count). The van der Waals surface area contributed by atoms with Gasteiger partial charge in [0.05, 0.1) is 3.79 Å². The molecule has 0 spiro atoms. The average molecular weight is 378 g/mol. The van der Waals surface area contributed by atoms with Crippen molar-refractivity contribution in [1.82, 2.24) is 4.31 Å². The predicted octanol–water partition coefficient (Wildman–Crippen LogP) is 3.88. The summed E-state index contributed by atoms with van der Waals surface area (Å²) in [6.07, 6.45) is 0.809. The van der Waals surface area contributed by atoms with E-state index < -0.39 is 10.0 Å². The molecule has 7 heteroatoms. The minimum atomic E-state index is -3.38. The molecule has 2 aromatic rings. The zero-order chi connectivity index (χ0) is 13.6. The number of rotatable bonds is 2. The van der Waals surface area contributed by atoms with Gasteiger partial charge >= 0.3 is 0 Å². The second-order valence-electron chi connectivity index (χ2n) is 4.40. The molecule has 102 valence electrons. The summed E-state index contributed by atoms with van der Waals surface area (Å²) in [5.41, 5.74) is 1.15. The fourth-order valence-corrected chi connectivity index (χ4v) is 7.08. The third-order valence-electron chi connectivity index (χ3n) is 3.33. The van der Waals surface area contributed by atoms with Gasteiger partial charge in [0.15, 0.2) is 0 Å². The lowest BCUT2D eigenvalue weighted by Gasteiger charge is -2.32. The van der Waals surface area contributed by atoms with Crippen LogP contribution in [0.5, 0.6) is 0 Å². The number of halogens is 1. The van der Waals surface area contributed by atoms with Crippen LogP contribution in [0, 0.1) is 0 Å². The van der Waals surface area contributed by atoms with Gasteiger partial charge in [-0.05, 0) is 58.4 Å². The topological polar surface area (TPSA) is 37.4 Å². The number of thiophene rings is 2. The van der Waals surface area contributed by atoms with Crippen molar-refractivity contribution in [2.24, 2.45) is 0 Å². The molecule has 1 aliphatic heterocycles. The monoisotopic (exact) mass is 377 g/mol. The third kappa shape index (κ3) is 2.31. The zero-order valence-corrected chi connectivity index (χ0v) is 14.2. The second-order valence-corrected chi connectivity index (χ2v) is 9.98. The molecular formula is C12H12BrNO2S3. The Balaban J connectivity index is 2.00. The van der Waals surface area contributed by atoms with Gasteiger partial charge in [-0.25, -0.2) is 8.42 Å². The Bertz CT molecular complexity index is 704. The number of nitrogens with zero attached hydrogens (tertiary/aromatic N) is 1. The van der Waals surface area contributed by atoms with Crippen LogP contribution in [-0.2, 0) is 16.4 Å². The number of sulfonamides is 1. The van der Waals surface area contributed by atoms with Crippen LogP contribution in [0.15, 0.2) is 31.6 Å². The van der Waals surface area contributed by atoms with Crippen molar-refractivity contribution in [3.8, 4) is 0 Å². The van der Waals surface area contributed by atoms with Gasteiger partial charge in [0.2, 0.25) is 0 Å². The van der Waals surface area contributed by atoms with Crippen LogP contribution < -0.4 is 0 Å². The van der Waals surface area contributed by atoms with E-state index in [2.05, 4.69) is 15.9 Å². The first-order chi connectivity index (χ1) is 9.00. The Morgan fingerprint density at radius 2 is 2.16 bits per heavy atom. The van der Waals surface area contributed by atoms with Crippen molar-refractivity contribution in [3.63, 3.8) is 0 Å². The summed E-state index contributed by atoms with van der Waals surface area (Å²) >= 11 is 6.30. The van der Waals surface area contributed by atoms with Crippen molar-refractivity contribution in [3.05, 3.63) is 37.8 Å². The highest BCUT2D eigenvalue weighted by Gasteiger charge is 2.35. The predicted molar refractivity (Wildman–Crippen MR) is 82.3 cm³/mol. The van der Waals surface area contributed by atoms with Crippen LogP contribution in [0.25, 0.3) is 0 Å². The van der Waals surface area contributed by atoms with E-state index in [-0.39, 0.29) is 6.04 Å². The van der Waals surface area contributed by atoms with E-state index in [1.165, 1.54) is 16.2 Å². The lowest BCUT2D eigenvalue weighted by Crippen LogP contribution is -2.37. The molecule has 0 fully saturated rings. The first-order valence-electron chi connectivity index (χ1n) is 5.83. The SMILES string of the molecule is C[C@H]1c2ccsc2CCN1S(=O)(=O)c1ccc(Br)s1. The summed E-state index contributed by atoms with van der Waals surface area (Å²) in [5.74, 6) is 0. The Morgan fingerprint density at radius 3 is 2.84 bits per heavy atom. The van der Waals surface area contributed by atoms with Crippen LogP contribution in [0.2, 0.25) is 0 Å². The summed E-state index contributed by atoms with van der Waals surface area (Å²) < 4.78 is 28.2. The lowest BCUT2D eigenvalue weighted by atomic mass is 10.0. The molecule has 0 aliphatic carbocycles. The van der Waals surface area contributed by atoms with Crippen molar-refractivity contribution in [2.45, 2.75) is 23.6 Å². The van der Waals surface area contributed by atoms with Crippen molar-refractivity contribution >= 4 is 48.6 Å². The molecule has 19 heavy (non-hydrogen) atoms. The van der Waals surface area contributed by atoms with E-state index in [9.17, 15) is 8.42 Å². The van der Waals surface area contributed by atoms with E-state index in [1.54, 1.807) is 27.8 Å². The van der Waals surface area contributed by atoms with Gasteiger partial charge < -0.3 is 0 Å². The molecule has 3 nitrogen and oxygen atoms in total. The van der Waals surface area contributed by atoms with Crippen LogP contribution >= 0.6 is 38.6 Å². The largest absolute Gasteiger partial charge is 0.253 e. The van der Waals surface area contributed by atoms with E-state index in [0.717, 1.165) is 15.8 Å². The Kier molecular flexibility index (Phi) is 3.59. The molecule has 0 bridgehead atoms. The quantitative estimate of drug-likeness (QED) is 0.795. The molecule has 2 aromatic heterocycles. The van der Waals surface area contributed by atoms with Gasteiger partial charge in [0, 0.05) is 17.5 Å². The summed E-state index contributed by atoms with van der Waals surface area (Å²) in [6, 6.07) is 5.40. The fraction of sp³-hybridized carbons (Fsp3) is 0.333. The van der Waals surface area contributed by atoms with Gasteiger partial charge in [-0.15, -0.1) is 22.7 Å². The summed E-state index contributed by atoms with van der Waals surface area (Å²) in [6.45, 7) is 2.53. The highest BCUT2D eigenvalue weighted by atomic mass is 79.9. The normalized spacial score (nSPS) is 20.4. The highest BCUT2D eigenvalue weighted by Crippen LogP contribution is 2.38. The van der Waals surface area contributed by atoms with E-state index >= 15 is 0 Å². The molecule has 0 unspecified atom stereocenters. The first kappa shape index (κ1) is 13.8. The highest BCUT2D eigenvalue weighted by molar-refractivity contribution is 9.11. The molecule has 0 radical (unpaired) electrons. The maximum atomic E-state index is 12.7. The van der Waals surface area contributed by atoms with E-state index in [1.807, 2.05) is 18.4 Å². The van der Waals surface area contributed by atoms with Crippen molar-refractivity contribution < 1.29 is 8.42 Å². The maximum Gasteiger partial charge on any atom is 0.253 e. The molecular weight excluding hydrogens is 366 g/mol. The maximum absolute atomic E-state index is 12.7.